The van der Waals surface area contributed by atoms with Gasteiger partial charge in [0.25, 0.3) is 0 Å². The summed E-state index contributed by atoms with van der Waals surface area (Å²) in [6.45, 7) is 2.15. The molecule has 1 atom stereocenters. The van der Waals surface area contributed by atoms with Crippen LogP contribution in [0.3, 0.4) is 0 Å². The maximum Gasteiger partial charge on any atom is 0.124 e. The van der Waals surface area contributed by atoms with Gasteiger partial charge in [0.05, 0.1) is 6.10 Å². The van der Waals surface area contributed by atoms with Crippen molar-refractivity contribution < 1.29 is 9.47 Å². The minimum Gasteiger partial charge on any atom is -0.490 e. The largest absolute Gasteiger partial charge is 0.490 e. The fourth-order valence-corrected chi connectivity index (χ4v) is 4.00. The third-order valence-corrected chi connectivity index (χ3v) is 5.53. The molecule has 3 heteroatoms. The van der Waals surface area contributed by atoms with Crippen molar-refractivity contribution in [3.8, 4) is 11.5 Å². The summed E-state index contributed by atoms with van der Waals surface area (Å²) in [7, 11) is 0. The third kappa shape index (κ3) is 3.67. The van der Waals surface area contributed by atoms with Gasteiger partial charge in [-0.1, -0.05) is 24.3 Å². The second-order valence-corrected chi connectivity index (χ2v) is 7.43. The highest BCUT2D eigenvalue weighted by Gasteiger charge is 2.24. The maximum atomic E-state index is 6.29. The van der Waals surface area contributed by atoms with E-state index in [0.29, 0.717) is 12.1 Å². The van der Waals surface area contributed by atoms with Gasteiger partial charge < -0.3 is 15.2 Å². The lowest BCUT2D eigenvalue weighted by Crippen LogP contribution is -2.31. The molecule has 0 aromatic heterocycles. The van der Waals surface area contributed by atoms with Crippen LogP contribution in [-0.2, 0) is 6.42 Å². The SMILES string of the molecule is Cc1ccccc1C1CCc2cc(OC3CCC(N)CC3)ccc2O1. The smallest absolute Gasteiger partial charge is 0.124 e. The van der Waals surface area contributed by atoms with Gasteiger partial charge in [-0.2, -0.15) is 0 Å². The molecule has 3 nitrogen and oxygen atoms in total. The molecule has 1 saturated carbocycles. The van der Waals surface area contributed by atoms with Gasteiger partial charge in [0.1, 0.15) is 17.6 Å². The van der Waals surface area contributed by atoms with Crippen LogP contribution < -0.4 is 15.2 Å². The summed E-state index contributed by atoms with van der Waals surface area (Å²) in [6, 6.07) is 15.1. The molecule has 0 spiro atoms. The Hall–Kier alpha value is -2.00. The number of nitrogens with two attached hydrogens (primary N) is 1. The topological polar surface area (TPSA) is 44.5 Å². The summed E-state index contributed by atoms with van der Waals surface area (Å²) in [5.41, 5.74) is 9.84. The van der Waals surface area contributed by atoms with Gasteiger partial charge in [-0.25, -0.2) is 0 Å². The predicted molar refractivity (Wildman–Crippen MR) is 100 cm³/mol. The lowest BCUT2D eigenvalue weighted by molar-refractivity contribution is 0.145. The zero-order valence-corrected chi connectivity index (χ0v) is 14.9. The molecule has 1 fully saturated rings. The first-order valence-electron chi connectivity index (χ1n) is 9.46. The molecular weight excluding hydrogens is 310 g/mol. The van der Waals surface area contributed by atoms with Crippen LogP contribution in [0.15, 0.2) is 42.5 Å². The normalized spacial score (nSPS) is 25.8. The lowest BCUT2D eigenvalue weighted by atomic mass is 9.93. The molecule has 1 aliphatic heterocycles. The minimum absolute atomic E-state index is 0.153. The van der Waals surface area contributed by atoms with Crippen LogP contribution in [0.25, 0.3) is 0 Å². The van der Waals surface area contributed by atoms with E-state index in [1.807, 2.05) is 6.07 Å². The molecule has 2 aromatic rings. The van der Waals surface area contributed by atoms with E-state index in [-0.39, 0.29) is 6.10 Å². The zero-order valence-electron chi connectivity index (χ0n) is 14.9. The Morgan fingerprint density at radius 2 is 1.80 bits per heavy atom. The first kappa shape index (κ1) is 16.5. The summed E-state index contributed by atoms with van der Waals surface area (Å²) in [4.78, 5) is 0. The molecule has 0 amide bonds. The Bertz CT molecular complexity index is 735. The van der Waals surface area contributed by atoms with Crippen LogP contribution >= 0.6 is 0 Å². The van der Waals surface area contributed by atoms with Crippen LogP contribution in [0, 0.1) is 6.92 Å². The van der Waals surface area contributed by atoms with Crippen molar-refractivity contribution in [2.24, 2.45) is 5.73 Å². The Kier molecular flexibility index (Phi) is 4.67. The first-order valence-corrected chi connectivity index (χ1v) is 9.46. The first-order chi connectivity index (χ1) is 12.2. The Labute approximate surface area is 150 Å². The Balaban J connectivity index is 1.45. The highest BCUT2D eigenvalue weighted by atomic mass is 16.5. The maximum absolute atomic E-state index is 6.29. The van der Waals surface area contributed by atoms with Crippen LogP contribution in [-0.4, -0.2) is 12.1 Å². The van der Waals surface area contributed by atoms with Gasteiger partial charge in [0, 0.05) is 6.04 Å². The summed E-state index contributed by atoms with van der Waals surface area (Å²) in [5, 5.41) is 0. The number of benzene rings is 2. The monoisotopic (exact) mass is 337 g/mol. The van der Waals surface area contributed by atoms with Crippen LogP contribution in [0.4, 0.5) is 0 Å². The van der Waals surface area contributed by atoms with Crippen molar-refractivity contribution in [3.63, 3.8) is 0 Å². The third-order valence-electron chi connectivity index (χ3n) is 5.53. The molecule has 132 valence electrons. The van der Waals surface area contributed by atoms with E-state index in [4.69, 9.17) is 15.2 Å². The molecule has 0 radical (unpaired) electrons. The Morgan fingerprint density at radius 3 is 2.60 bits per heavy atom. The quantitative estimate of drug-likeness (QED) is 0.882. The fourth-order valence-electron chi connectivity index (χ4n) is 4.00. The van der Waals surface area contributed by atoms with E-state index >= 15 is 0 Å². The molecule has 4 rings (SSSR count). The van der Waals surface area contributed by atoms with E-state index in [9.17, 15) is 0 Å². The van der Waals surface area contributed by atoms with E-state index in [0.717, 1.165) is 50.0 Å². The van der Waals surface area contributed by atoms with Gasteiger partial charge in [0.2, 0.25) is 0 Å². The van der Waals surface area contributed by atoms with Crippen LogP contribution in [0.2, 0.25) is 0 Å². The number of hydrogen-bond donors (Lipinski definition) is 1. The minimum atomic E-state index is 0.153. The second-order valence-electron chi connectivity index (χ2n) is 7.43. The number of fused-ring (bicyclic) bond motifs is 1. The lowest BCUT2D eigenvalue weighted by Gasteiger charge is -2.29. The van der Waals surface area contributed by atoms with Crippen molar-refractivity contribution in [2.45, 2.75) is 63.7 Å². The number of hydrogen-bond acceptors (Lipinski definition) is 3. The molecule has 0 saturated heterocycles. The van der Waals surface area contributed by atoms with Crippen molar-refractivity contribution in [1.29, 1.82) is 0 Å². The highest BCUT2D eigenvalue weighted by Crippen LogP contribution is 2.38. The summed E-state index contributed by atoms with van der Waals surface area (Å²) in [6.07, 6.45) is 6.75. The molecule has 1 unspecified atom stereocenters. The zero-order chi connectivity index (χ0) is 17.2. The molecule has 1 heterocycles. The van der Waals surface area contributed by atoms with E-state index in [1.165, 1.54) is 16.7 Å². The molecule has 2 N–H and O–H groups in total. The van der Waals surface area contributed by atoms with Gasteiger partial charge in [-0.3, -0.25) is 0 Å². The fraction of sp³-hybridized carbons (Fsp3) is 0.455. The van der Waals surface area contributed by atoms with Crippen molar-refractivity contribution in [1.82, 2.24) is 0 Å². The average molecular weight is 337 g/mol. The Morgan fingerprint density at radius 1 is 1.00 bits per heavy atom. The molecular formula is C22H27NO2. The van der Waals surface area contributed by atoms with Gasteiger partial charge in [0.15, 0.2) is 0 Å². The average Bonchev–Trinajstić information content (AvgIpc) is 2.64. The van der Waals surface area contributed by atoms with Crippen molar-refractivity contribution >= 4 is 0 Å². The molecule has 1 aliphatic carbocycles. The molecule has 2 aromatic carbocycles. The standard InChI is InChI=1S/C22H27NO2/c1-15-4-2-3-5-20(15)22-12-6-16-14-19(11-13-21(16)25-22)24-18-9-7-17(23)8-10-18/h2-5,11,13-14,17-18,22H,6-10,12,23H2,1H3. The summed E-state index contributed by atoms with van der Waals surface area (Å²) >= 11 is 0. The number of aryl methyl sites for hydroxylation is 2. The molecule has 25 heavy (non-hydrogen) atoms. The summed E-state index contributed by atoms with van der Waals surface area (Å²) < 4.78 is 12.5. The highest BCUT2D eigenvalue weighted by molar-refractivity contribution is 5.43. The van der Waals surface area contributed by atoms with Crippen molar-refractivity contribution in [3.05, 3.63) is 59.2 Å². The molecule has 0 bridgehead atoms. The van der Waals surface area contributed by atoms with E-state index in [2.05, 4.69) is 43.3 Å². The van der Waals surface area contributed by atoms with Gasteiger partial charge in [-0.15, -0.1) is 0 Å². The second kappa shape index (κ2) is 7.09. The van der Waals surface area contributed by atoms with Gasteiger partial charge >= 0.3 is 0 Å². The number of rotatable bonds is 3. The van der Waals surface area contributed by atoms with E-state index < -0.39 is 0 Å². The van der Waals surface area contributed by atoms with E-state index in [1.54, 1.807) is 0 Å². The summed E-state index contributed by atoms with van der Waals surface area (Å²) in [5.74, 6) is 1.97. The van der Waals surface area contributed by atoms with Gasteiger partial charge in [-0.05, 0) is 80.3 Å². The van der Waals surface area contributed by atoms with Crippen LogP contribution in [0.1, 0.15) is 54.9 Å². The molecule has 2 aliphatic rings. The van der Waals surface area contributed by atoms with Crippen molar-refractivity contribution in [2.75, 3.05) is 0 Å². The number of ether oxygens (including phenoxy) is 2. The van der Waals surface area contributed by atoms with Crippen LogP contribution in [0.5, 0.6) is 11.5 Å². The predicted octanol–water partition coefficient (Wildman–Crippen LogP) is 4.71.